The molecule has 0 aliphatic heterocycles. The van der Waals surface area contributed by atoms with E-state index in [1.54, 1.807) is 4.68 Å². The normalized spacial score (nSPS) is 10.7. The van der Waals surface area contributed by atoms with Gasteiger partial charge in [0.1, 0.15) is 11.4 Å². The fourth-order valence-corrected chi connectivity index (χ4v) is 2.21. The Kier molecular flexibility index (Phi) is 2.87. The minimum atomic E-state index is -0.492. The van der Waals surface area contributed by atoms with Crippen LogP contribution in [0.15, 0.2) is 48.7 Å². The summed E-state index contributed by atoms with van der Waals surface area (Å²) in [5.74, 6) is -0.220. The van der Waals surface area contributed by atoms with Crippen molar-refractivity contribution in [2.45, 2.75) is 0 Å². The first-order chi connectivity index (χ1) is 9.72. The van der Waals surface area contributed by atoms with Gasteiger partial charge in [0.2, 0.25) is 0 Å². The molecule has 0 aliphatic rings. The number of nitrogens with zero attached hydrogens (tertiary/aromatic N) is 2. The average Bonchev–Trinajstić information content (AvgIpc) is 2.87. The summed E-state index contributed by atoms with van der Waals surface area (Å²) >= 11 is 0. The van der Waals surface area contributed by atoms with Gasteiger partial charge < -0.3 is 10.5 Å². The van der Waals surface area contributed by atoms with Gasteiger partial charge in [0, 0.05) is 5.39 Å². The molecule has 0 atom stereocenters. The molecule has 20 heavy (non-hydrogen) atoms. The van der Waals surface area contributed by atoms with Crippen LogP contribution in [0.3, 0.4) is 0 Å². The second-order valence-corrected chi connectivity index (χ2v) is 4.35. The number of nitrogen functional groups attached to an aromatic ring is 1. The van der Waals surface area contributed by atoms with Crippen molar-refractivity contribution < 1.29 is 9.53 Å². The van der Waals surface area contributed by atoms with Crippen LogP contribution in [-0.2, 0) is 4.74 Å². The number of esters is 1. The molecule has 3 aromatic rings. The van der Waals surface area contributed by atoms with Crippen molar-refractivity contribution in [2.24, 2.45) is 0 Å². The molecule has 0 unspecified atom stereocenters. The Morgan fingerprint density at radius 1 is 1.20 bits per heavy atom. The van der Waals surface area contributed by atoms with E-state index >= 15 is 0 Å². The third kappa shape index (κ3) is 1.80. The quantitative estimate of drug-likeness (QED) is 0.724. The highest BCUT2D eigenvalue weighted by atomic mass is 16.5. The molecule has 0 aliphatic carbocycles. The average molecular weight is 267 g/mol. The molecule has 0 bridgehead atoms. The summed E-state index contributed by atoms with van der Waals surface area (Å²) in [7, 11) is 1.32. The number of anilines is 1. The van der Waals surface area contributed by atoms with Crippen molar-refractivity contribution in [2.75, 3.05) is 12.8 Å². The van der Waals surface area contributed by atoms with Crippen LogP contribution in [0.5, 0.6) is 0 Å². The third-order valence-electron chi connectivity index (χ3n) is 3.21. The van der Waals surface area contributed by atoms with Gasteiger partial charge in [-0.15, -0.1) is 0 Å². The van der Waals surface area contributed by atoms with Crippen LogP contribution in [0.1, 0.15) is 10.4 Å². The number of benzene rings is 2. The molecular formula is C15H13N3O2. The smallest absolute Gasteiger partial charge is 0.343 e. The van der Waals surface area contributed by atoms with E-state index in [2.05, 4.69) is 9.84 Å². The molecule has 0 spiro atoms. The lowest BCUT2D eigenvalue weighted by Gasteiger charge is -2.08. The fraction of sp³-hybridized carbons (Fsp3) is 0.0667. The molecular weight excluding hydrogens is 254 g/mol. The molecule has 1 aromatic heterocycles. The molecule has 0 fully saturated rings. The molecule has 5 nitrogen and oxygen atoms in total. The maximum absolute atomic E-state index is 11.6. The monoisotopic (exact) mass is 267 g/mol. The number of carbonyl (C=O) groups is 1. The topological polar surface area (TPSA) is 70.1 Å². The molecule has 0 amide bonds. The number of hydrogen-bond acceptors (Lipinski definition) is 4. The van der Waals surface area contributed by atoms with E-state index in [0.717, 1.165) is 16.5 Å². The SMILES string of the molecule is COC(=O)c1cnn(-c2cccc3ccccc23)c1N. The summed E-state index contributed by atoms with van der Waals surface area (Å²) in [6, 6.07) is 13.8. The highest BCUT2D eigenvalue weighted by Gasteiger charge is 2.17. The van der Waals surface area contributed by atoms with Gasteiger partial charge in [-0.05, 0) is 11.5 Å². The van der Waals surface area contributed by atoms with Crippen molar-refractivity contribution in [3.05, 3.63) is 54.2 Å². The third-order valence-corrected chi connectivity index (χ3v) is 3.21. The van der Waals surface area contributed by atoms with Gasteiger partial charge >= 0.3 is 5.97 Å². The summed E-state index contributed by atoms with van der Waals surface area (Å²) in [4.78, 5) is 11.6. The van der Waals surface area contributed by atoms with Gasteiger partial charge in [-0.2, -0.15) is 5.10 Å². The van der Waals surface area contributed by atoms with Crippen LogP contribution in [0.2, 0.25) is 0 Å². The van der Waals surface area contributed by atoms with Crippen LogP contribution >= 0.6 is 0 Å². The number of nitrogens with two attached hydrogens (primary N) is 1. The van der Waals surface area contributed by atoms with Crippen LogP contribution in [0, 0.1) is 0 Å². The van der Waals surface area contributed by atoms with Gasteiger partial charge in [0.15, 0.2) is 0 Å². The minimum absolute atomic E-state index is 0.264. The zero-order valence-electron chi connectivity index (χ0n) is 10.9. The summed E-state index contributed by atoms with van der Waals surface area (Å²) in [6.07, 6.45) is 1.42. The summed E-state index contributed by atoms with van der Waals surface area (Å²) < 4.78 is 6.23. The molecule has 2 aromatic carbocycles. The Labute approximate surface area is 115 Å². The predicted molar refractivity (Wildman–Crippen MR) is 76.8 cm³/mol. The molecule has 5 heteroatoms. The van der Waals surface area contributed by atoms with Crippen LogP contribution < -0.4 is 5.73 Å². The van der Waals surface area contributed by atoms with E-state index in [0.29, 0.717) is 0 Å². The second-order valence-electron chi connectivity index (χ2n) is 4.35. The second kappa shape index (κ2) is 4.70. The number of fused-ring (bicyclic) bond motifs is 1. The number of aromatic nitrogens is 2. The van der Waals surface area contributed by atoms with Crippen LogP contribution in [0.25, 0.3) is 16.5 Å². The van der Waals surface area contributed by atoms with Crippen molar-refractivity contribution in [3.63, 3.8) is 0 Å². The number of rotatable bonds is 2. The van der Waals surface area contributed by atoms with Gasteiger partial charge in [0.05, 0.1) is 19.0 Å². The molecule has 1 heterocycles. The first-order valence-electron chi connectivity index (χ1n) is 6.12. The van der Waals surface area contributed by atoms with Gasteiger partial charge in [-0.25, -0.2) is 9.48 Å². The number of carbonyl (C=O) groups excluding carboxylic acids is 1. The van der Waals surface area contributed by atoms with Crippen LogP contribution in [-0.4, -0.2) is 22.9 Å². The highest BCUT2D eigenvalue weighted by molar-refractivity contribution is 5.95. The molecule has 0 saturated carbocycles. The van der Waals surface area contributed by atoms with Crippen molar-refractivity contribution in [3.8, 4) is 5.69 Å². The van der Waals surface area contributed by atoms with Crippen molar-refractivity contribution >= 4 is 22.6 Å². The Morgan fingerprint density at radius 2 is 1.95 bits per heavy atom. The van der Waals surface area contributed by atoms with Crippen molar-refractivity contribution in [1.29, 1.82) is 0 Å². The predicted octanol–water partition coefficient (Wildman–Crippen LogP) is 2.39. The zero-order valence-corrected chi connectivity index (χ0v) is 10.9. The fourth-order valence-electron chi connectivity index (χ4n) is 2.21. The van der Waals surface area contributed by atoms with Crippen LogP contribution in [0.4, 0.5) is 5.82 Å². The minimum Gasteiger partial charge on any atom is -0.465 e. The summed E-state index contributed by atoms with van der Waals surface area (Å²) in [5, 5.41) is 6.29. The number of ether oxygens (including phenoxy) is 1. The lowest BCUT2D eigenvalue weighted by Crippen LogP contribution is -2.07. The Bertz CT molecular complexity index is 787. The molecule has 2 N–H and O–H groups in total. The van der Waals surface area contributed by atoms with E-state index in [1.165, 1.54) is 13.3 Å². The Balaban J connectivity index is 2.22. The lowest BCUT2D eigenvalue weighted by atomic mass is 10.1. The van der Waals surface area contributed by atoms with Crippen molar-refractivity contribution in [1.82, 2.24) is 9.78 Å². The molecule has 3 rings (SSSR count). The first-order valence-corrected chi connectivity index (χ1v) is 6.12. The highest BCUT2D eigenvalue weighted by Crippen LogP contribution is 2.25. The largest absolute Gasteiger partial charge is 0.465 e. The van der Waals surface area contributed by atoms with E-state index in [4.69, 9.17) is 5.73 Å². The zero-order chi connectivity index (χ0) is 14.1. The van der Waals surface area contributed by atoms with Gasteiger partial charge in [-0.1, -0.05) is 36.4 Å². The van der Waals surface area contributed by atoms with E-state index in [9.17, 15) is 4.79 Å². The summed E-state index contributed by atoms with van der Waals surface area (Å²) in [6.45, 7) is 0. The first kappa shape index (κ1) is 12.2. The Hall–Kier alpha value is -2.82. The number of methoxy groups -OCH3 is 1. The molecule has 100 valence electrons. The van der Waals surface area contributed by atoms with E-state index in [1.807, 2.05) is 42.5 Å². The number of hydrogen-bond donors (Lipinski definition) is 1. The van der Waals surface area contributed by atoms with E-state index in [-0.39, 0.29) is 11.4 Å². The standard InChI is InChI=1S/C15H13N3O2/c1-20-15(19)12-9-17-18(14(12)16)13-8-4-6-10-5-2-3-7-11(10)13/h2-9H,16H2,1H3. The summed E-state index contributed by atoms with van der Waals surface area (Å²) in [5.41, 5.74) is 7.10. The Morgan fingerprint density at radius 3 is 2.75 bits per heavy atom. The molecule has 0 saturated heterocycles. The maximum atomic E-state index is 11.6. The van der Waals surface area contributed by atoms with Gasteiger partial charge in [0.25, 0.3) is 0 Å². The lowest BCUT2D eigenvalue weighted by molar-refractivity contribution is 0.0602. The van der Waals surface area contributed by atoms with E-state index < -0.39 is 5.97 Å². The molecule has 0 radical (unpaired) electrons. The maximum Gasteiger partial charge on any atom is 0.343 e. The van der Waals surface area contributed by atoms with Gasteiger partial charge in [-0.3, -0.25) is 0 Å².